The number of hydrogen-bond acceptors (Lipinski definition) is 5. The van der Waals surface area contributed by atoms with Crippen LogP contribution in [0.1, 0.15) is 58.3 Å². The normalized spacial score (nSPS) is 14.9. The first-order chi connectivity index (χ1) is 16.5. The quantitative estimate of drug-likeness (QED) is 0.458. The van der Waals surface area contributed by atoms with Crippen LogP contribution in [0.15, 0.2) is 59.3 Å². The van der Waals surface area contributed by atoms with Crippen LogP contribution < -0.4 is 15.5 Å². The summed E-state index contributed by atoms with van der Waals surface area (Å²) >= 11 is 2.77. The van der Waals surface area contributed by atoms with E-state index in [4.69, 9.17) is 0 Å². The highest BCUT2D eigenvalue weighted by molar-refractivity contribution is 7.12. The van der Waals surface area contributed by atoms with Gasteiger partial charge in [-0.1, -0.05) is 49.6 Å². The van der Waals surface area contributed by atoms with Crippen LogP contribution in [-0.2, 0) is 9.59 Å². The van der Waals surface area contributed by atoms with Crippen molar-refractivity contribution in [3.05, 3.63) is 74.6 Å². The molecular formula is C26H29N3O3S2. The van der Waals surface area contributed by atoms with Gasteiger partial charge in [-0.15, -0.1) is 22.7 Å². The molecule has 8 heteroatoms. The Morgan fingerprint density at radius 3 is 2.38 bits per heavy atom. The van der Waals surface area contributed by atoms with Crippen molar-refractivity contribution in [1.29, 1.82) is 0 Å². The summed E-state index contributed by atoms with van der Waals surface area (Å²) in [5.74, 6) is -0.820. The smallest absolute Gasteiger partial charge is 0.261 e. The minimum absolute atomic E-state index is 0.121. The molecule has 1 atom stereocenters. The zero-order chi connectivity index (χ0) is 23.9. The lowest BCUT2D eigenvalue weighted by atomic mass is 9.95. The van der Waals surface area contributed by atoms with E-state index in [1.807, 2.05) is 54.1 Å². The second-order valence-electron chi connectivity index (χ2n) is 8.47. The number of thiophene rings is 2. The first kappa shape index (κ1) is 24.2. The Balaban J connectivity index is 1.64. The first-order valence-corrected chi connectivity index (χ1v) is 13.3. The van der Waals surface area contributed by atoms with Crippen molar-refractivity contribution < 1.29 is 14.4 Å². The molecule has 1 fully saturated rings. The highest BCUT2D eigenvalue weighted by atomic mass is 32.1. The van der Waals surface area contributed by atoms with Crippen LogP contribution in [0.2, 0.25) is 0 Å². The van der Waals surface area contributed by atoms with Gasteiger partial charge in [0.25, 0.3) is 5.91 Å². The van der Waals surface area contributed by atoms with E-state index in [9.17, 15) is 14.4 Å². The van der Waals surface area contributed by atoms with Gasteiger partial charge in [0.1, 0.15) is 6.04 Å². The molecule has 0 spiro atoms. The third kappa shape index (κ3) is 5.74. The Morgan fingerprint density at radius 2 is 1.71 bits per heavy atom. The highest BCUT2D eigenvalue weighted by Crippen LogP contribution is 2.33. The number of rotatable bonds is 8. The van der Waals surface area contributed by atoms with Gasteiger partial charge in [0, 0.05) is 16.6 Å². The number of hydrogen-bond donors (Lipinski definition) is 2. The van der Waals surface area contributed by atoms with Crippen molar-refractivity contribution in [3.63, 3.8) is 0 Å². The number of anilines is 1. The summed E-state index contributed by atoms with van der Waals surface area (Å²) in [5, 5.41) is 9.66. The standard InChI is InChI=1S/C26H29N3O3S2/c1-18-9-5-6-12-20(18)29(23(30)17-27-25(31)22-14-8-16-34-22)24(21-13-7-15-33-21)26(32)28-19-10-3-2-4-11-19/h5-9,12-16,19,24H,2-4,10-11,17H2,1H3,(H,27,31)(H,28,32)/t24-/m1/s1. The molecule has 1 aliphatic rings. The Morgan fingerprint density at radius 1 is 0.971 bits per heavy atom. The van der Waals surface area contributed by atoms with Gasteiger partial charge in [0.2, 0.25) is 11.8 Å². The SMILES string of the molecule is Cc1ccccc1N(C(=O)CNC(=O)c1cccs1)[C@@H](C(=O)NC1CCCCC1)c1cccs1. The number of benzene rings is 1. The first-order valence-electron chi connectivity index (χ1n) is 11.6. The molecule has 2 heterocycles. The van der Waals surface area contributed by atoms with Gasteiger partial charge >= 0.3 is 0 Å². The number of para-hydroxylation sites is 1. The van der Waals surface area contributed by atoms with E-state index < -0.39 is 6.04 Å². The minimum atomic E-state index is -0.811. The summed E-state index contributed by atoms with van der Waals surface area (Å²) in [7, 11) is 0. The third-order valence-electron chi connectivity index (χ3n) is 6.06. The molecule has 0 saturated heterocycles. The lowest BCUT2D eigenvalue weighted by Crippen LogP contribution is -2.49. The van der Waals surface area contributed by atoms with E-state index in [1.165, 1.54) is 29.1 Å². The fraction of sp³-hybridized carbons (Fsp3) is 0.346. The number of carbonyl (C=O) groups is 3. The molecule has 2 aromatic heterocycles. The molecule has 178 valence electrons. The average Bonchev–Trinajstić information content (AvgIpc) is 3.57. The summed E-state index contributed by atoms with van der Waals surface area (Å²) in [5.41, 5.74) is 1.54. The average molecular weight is 496 g/mol. The van der Waals surface area contributed by atoms with Gasteiger partial charge in [0.15, 0.2) is 0 Å². The number of amides is 3. The van der Waals surface area contributed by atoms with Gasteiger partial charge in [0.05, 0.1) is 11.4 Å². The highest BCUT2D eigenvalue weighted by Gasteiger charge is 2.35. The van der Waals surface area contributed by atoms with Crippen molar-refractivity contribution in [2.75, 3.05) is 11.4 Å². The molecule has 1 saturated carbocycles. The molecule has 6 nitrogen and oxygen atoms in total. The number of nitrogens with one attached hydrogen (secondary N) is 2. The largest absolute Gasteiger partial charge is 0.351 e. The second-order valence-corrected chi connectivity index (χ2v) is 10.4. The van der Waals surface area contributed by atoms with Gasteiger partial charge in [-0.05, 0) is 54.3 Å². The summed E-state index contributed by atoms with van der Waals surface area (Å²) in [6.07, 6.45) is 5.31. The van der Waals surface area contributed by atoms with E-state index in [0.29, 0.717) is 10.6 Å². The zero-order valence-corrected chi connectivity index (χ0v) is 20.8. The Labute approximate surface area is 208 Å². The van der Waals surface area contributed by atoms with E-state index in [1.54, 1.807) is 17.0 Å². The lowest BCUT2D eigenvalue weighted by molar-refractivity contribution is -0.126. The molecule has 0 aliphatic heterocycles. The third-order valence-corrected chi connectivity index (χ3v) is 7.85. The predicted molar refractivity (Wildman–Crippen MR) is 137 cm³/mol. The van der Waals surface area contributed by atoms with Crippen LogP contribution in [-0.4, -0.2) is 30.3 Å². The number of carbonyl (C=O) groups excluding carboxylic acids is 3. The van der Waals surface area contributed by atoms with Gasteiger partial charge < -0.3 is 10.6 Å². The van der Waals surface area contributed by atoms with Gasteiger partial charge in [-0.25, -0.2) is 0 Å². The molecule has 1 aromatic carbocycles. The number of nitrogens with zero attached hydrogens (tertiary/aromatic N) is 1. The van der Waals surface area contributed by atoms with Crippen LogP contribution in [0.25, 0.3) is 0 Å². The fourth-order valence-electron chi connectivity index (χ4n) is 4.33. The van der Waals surface area contributed by atoms with E-state index >= 15 is 0 Å². The van der Waals surface area contributed by atoms with Crippen LogP contribution >= 0.6 is 22.7 Å². The monoisotopic (exact) mass is 495 g/mol. The minimum Gasteiger partial charge on any atom is -0.351 e. The maximum Gasteiger partial charge on any atom is 0.261 e. The molecule has 2 N–H and O–H groups in total. The Hall–Kier alpha value is -2.97. The summed E-state index contributed by atoms with van der Waals surface area (Å²) < 4.78 is 0. The van der Waals surface area contributed by atoms with Crippen LogP contribution in [0, 0.1) is 6.92 Å². The van der Waals surface area contributed by atoms with Crippen LogP contribution in [0.3, 0.4) is 0 Å². The zero-order valence-electron chi connectivity index (χ0n) is 19.2. The van der Waals surface area contributed by atoms with Crippen molar-refractivity contribution in [1.82, 2.24) is 10.6 Å². The van der Waals surface area contributed by atoms with Crippen LogP contribution in [0.5, 0.6) is 0 Å². The molecule has 0 unspecified atom stereocenters. The maximum atomic E-state index is 13.7. The molecule has 1 aliphatic carbocycles. The summed E-state index contributed by atoms with van der Waals surface area (Å²) in [4.78, 5) is 42.7. The van der Waals surface area contributed by atoms with Crippen molar-refractivity contribution in [2.45, 2.75) is 51.1 Å². The van der Waals surface area contributed by atoms with E-state index in [-0.39, 0.29) is 30.3 Å². The molecular weight excluding hydrogens is 466 g/mol. The van der Waals surface area contributed by atoms with Gasteiger partial charge in [-0.2, -0.15) is 0 Å². The van der Waals surface area contributed by atoms with Crippen LogP contribution in [0.4, 0.5) is 5.69 Å². The second kappa shape index (κ2) is 11.4. The maximum absolute atomic E-state index is 13.7. The van der Waals surface area contributed by atoms with Crippen molar-refractivity contribution in [3.8, 4) is 0 Å². The molecule has 34 heavy (non-hydrogen) atoms. The molecule has 0 bridgehead atoms. The Kier molecular flexibility index (Phi) is 8.13. The fourth-order valence-corrected chi connectivity index (χ4v) is 5.79. The lowest BCUT2D eigenvalue weighted by Gasteiger charge is -2.33. The van der Waals surface area contributed by atoms with E-state index in [0.717, 1.165) is 36.1 Å². The molecule has 4 rings (SSSR count). The summed E-state index contributed by atoms with van der Waals surface area (Å²) in [6.45, 7) is 1.72. The molecule has 0 radical (unpaired) electrons. The topological polar surface area (TPSA) is 78.5 Å². The number of aryl methyl sites for hydroxylation is 1. The predicted octanol–water partition coefficient (Wildman–Crippen LogP) is 5.07. The van der Waals surface area contributed by atoms with Crippen molar-refractivity contribution >= 4 is 46.1 Å². The molecule has 3 aromatic rings. The Bertz CT molecular complexity index is 1110. The molecule has 3 amide bonds. The van der Waals surface area contributed by atoms with E-state index in [2.05, 4.69) is 10.6 Å². The van der Waals surface area contributed by atoms with Crippen molar-refractivity contribution in [2.24, 2.45) is 0 Å². The summed E-state index contributed by atoms with van der Waals surface area (Å²) in [6, 6.07) is 14.1. The van der Waals surface area contributed by atoms with Gasteiger partial charge in [-0.3, -0.25) is 19.3 Å².